The second-order valence-corrected chi connectivity index (χ2v) is 9.93. The number of hydrogen-bond donors (Lipinski definition) is 1. The summed E-state index contributed by atoms with van der Waals surface area (Å²) in [6.45, 7) is 5.16. The first kappa shape index (κ1) is 23.1. The Hall–Kier alpha value is -3.66. The van der Waals surface area contributed by atoms with Crippen LogP contribution in [0.2, 0.25) is 0 Å². The third kappa shape index (κ3) is 4.18. The summed E-state index contributed by atoms with van der Waals surface area (Å²) in [6.07, 6.45) is 7.27. The number of carbonyl (C=O) groups is 1. The Morgan fingerprint density at radius 2 is 1.51 bits per heavy atom. The molecule has 0 bridgehead atoms. The number of amides is 1. The number of rotatable bonds is 7. The molecule has 4 heteroatoms. The molecule has 35 heavy (non-hydrogen) atoms. The number of benzene rings is 3. The fourth-order valence-corrected chi connectivity index (χ4v) is 6.09. The van der Waals surface area contributed by atoms with Gasteiger partial charge in [-0.2, -0.15) is 0 Å². The highest BCUT2D eigenvalue weighted by molar-refractivity contribution is 5.91. The third-order valence-corrected chi connectivity index (χ3v) is 7.93. The highest BCUT2D eigenvalue weighted by atomic mass is 16.1. The number of nitrogens with zero attached hydrogens (tertiary/aromatic N) is 2. The molecular weight excluding hydrogens is 430 g/mol. The Balaban J connectivity index is 1.47. The van der Waals surface area contributed by atoms with Crippen molar-refractivity contribution in [2.75, 3.05) is 0 Å². The maximum Gasteiger partial charge on any atom is 0.253 e. The summed E-state index contributed by atoms with van der Waals surface area (Å²) in [5, 5.41) is 0. The van der Waals surface area contributed by atoms with Crippen LogP contribution in [-0.2, 0) is 16.8 Å². The van der Waals surface area contributed by atoms with Crippen LogP contribution in [0.4, 0.5) is 0 Å². The third-order valence-electron chi connectivity index (χ3n) is 7.93. The van der Waals surface area contributed by atoms with E-state index in [-0.39, 0.29) is 11.8 Å². The Morgan fingerprint density at radius 1 is 0.914 bits per heavy atom. The Morgan fingerprint density at radius 3 is 2.09 bits per heavy atom. The second-order valence-electron chi connectivity index (χ2n) is 9.93. The number of imidazole rings is 1. The molecule has 4 aromatic rings. The average molecular weight is 465 g/mol. The maximum absolute atomic E-state index is 13.4. The summed E-state index contributed by atoms with van der Waals surface area (Å²) in [5.41, 5.74) is 10.00. The highest BCUT2D eigenvalue weighted by Crippen LogP contribution is 2.49. The fraction of sp³-hybridized carbons (Fsp3) is 0.290. The summed E-state index contributed by atoms with van der Waals surface area (Å²) in [4.78, 5) is 13.4. The molecule has 0 saturated heterocycles. The van der Waals surface area contributed by atoms with E-state index in [0.717, 1.165) is 36.9 Å². The SMILES string of the molecule is Cc1ccc(C[n+]2ccn([C@H]3CC[C@@H](C(C(N)=O)(c4ccccc4)c4ccccc4)C3)c2C)cc1. The smallest absolute Gasteiger partial charge is 0.253 e. The zero-order valence-corrected chi connectivity index (χ0v) is 20.6. The van der Waals surface area contributed by atoms with Crippen molar-refractivity contribution in [3.63, 3.8) is 0 Å². The van der Waals surface area contributed by atoms with Crippen molar-refractivity contribution in [1.82, 2.24) is 4.57 Å². The van der Waals surface area contributed by atoms with Gasteiger partial charge >= 0.3 is 0 Å². The number of primary amides is 1. The first-order valence-corrected chi connectivity index (χ1v) is 12.5. The molecule has 3 aromatic carbocycles. The molecule has 1 saturated carbocycles. The number of hydrogen-bond acceptors (Lipinski definition) is 1. The fourth-order valence-electron chi connectivity index (χ4n) is 6.09. The van der Waals surface area contributed by atoms with Crippen molar-refractivity contribution < 1.29 is 9.36 Å². The molecule has 2 N–H and O–H groups in total. The monoisotopic (exact) mass is 464 g/mol. The molecule has 0 aliphatic heterocycles. The van der Waals surface area contributed by atoms with Crippen molar-refractivity contribution in [3.8, 4) is 0 Å². The molecule has 2 atom stereocenters. The lowest BCUT2D eigenvalue weighted by atomic mass is 9.64. The molecule has 1 heterocycles. The van der Waals surface area contributed by atoms with Crippen LogP contribution in [-0.4, -0.2) is 10.5 Å². The number of nitrogens with two attached hydrogens (primary N) is 1. The quantitative estimate of drug-likeness (QED) is 0.373. The Bertz CT molecular complexity index is 1250. The van der Waals surface area contributed by atoms with Gasteiger partial charge in [-0.3, -0.25) is 4.79 Å². The van der Waals surface area contributed by atoms with Crippen LogP contribution < -0.4 is 10.3 Å². The van der Waals surface area contributed by atoms with Crippen LogP contribution in [0.3, 0.4) is 0 Å². The number of carbonyl (C=O) groups excluding carboxylic acids is 1. The molecule has 5 rings (SSSR count). The first-order chi connectivity index (χ1) is 17.0. The van der Waals surface area contributed by atoms with Gasteiger partial charge in [-0.1, -0.05) is 90.5 Å². The lowest BCUT2D eigenvalue weighted by molar-refractivity contribution is -0.694. The molecule has 1 aliphatic rings. The number of aromatic nitrogens is 2. The Labute approximate surface area is 208 Å². The summed E-state index contributed by atoms with van der Waals surface area (Å²) in [7, 11) is 0. The van der Waals surface area contributed by atoms with E-state index in [2.05, 4.69) is 83.9 Å². The summed E-state index contributed by atoms with van der Waals surface area (Å²) in [6, 6.07) is 29.3. The molecule has 0 spiro atoms. The van der Waals surface area contributed by atoms with Gasteiger partial charge in [0.2, 0.25) is 5.91 Å². The molecular formula is C31H34N3O+. The van der Waals surface area contributed by atoms with Crippen molar-refractivity contribution >= 4 is 5.91 Å². The first-order valence-electron chi connectivity index (χ1n) is 12.5. The molecule has 0 radical (unpaired) electrons. The van der Waals surface area contributed by atoms with E-state index in [0.29, 0.717) is 6.04 Å². The van der Waals surface area contributed by atoms with E-state index in [1.165, 1.54) is 17.0 Å². The summed E-state index contributed by atoms with van der Waals surface area (Å²) in [5.74, 6) is 1.10. The largest absolute Gasteiger partial charge is 0.369 e. The van der Waals surface area contributed by atoms with Crippen LogP contribution in [0.1, 0.15) is 53.4 Å². The normalized spacial score (nSPS) is 18.0. The molecule has 4 nitrogen and oxygen atoms in total. The Kier molecular flexibility index (Phi) is 6.29. The van der Waals surface area contributed by atoms with Crippen molar-refractivity contribution in [1.29, 1.82) is 0 Å². The topological polar surface area (TPSA) is 51.9 Å². The van der Waals surface area contributed by atoms with Crippen LogP contribution in [0.25, 0.3) is 0 Å². The van der Waals surface area contributed by atoms with Gasteiger partial charge in [-0.25, -0.2) is 9.13 Å². The van der Waals surface area contributed by atoms with Gasteiger partial charge < -0.3 is 5.73 Å². The molecule has 1 fully saturated rings. The lowest BCUT2D eigenvalue weighted by Crippen LogP contribution is -2.47. The second kappa shape index (κ2) is 9.53. The zero-order valence-electron chi connectivity index (χ0n) is 20.6. The van der Waals surface area contributed by atoms with Crippen LogP contribution in [0, 0.1) is 19.8 Å². The van der Waals surface area contributed by atoms with Gasteiger partial charge in [0.15, 0.2) is 0 Å². The minimum absolute atomic E-state index is 0.127. The summed E-state index contributed by atoms with van der Waals surface area (Å²) < 4.78 is 4.71. The minimum Gasteiger partial charge on any atom is -0.369 e. The molecule has 1 aromatic heterocycles. The van der Waals surface area contributed by atoms with E-state index in [1.54, 1.807) is 0 Å². The van der Waals surface area contributed by atoms with E-state index < -0.39 is 5.41 Å². The predicted molar refractivity (Wildman–Crippen MR) is 139 cm³/mol. The van der Waals surface area contributed by atoms with Crippen molar-refractivity contribution in [2.45, 2.75) is 51.1 Å². The summed E-state index contributed by atoms with van der Waals surface area (Å²) >= 11 is 0. The highest BCUT2D eigenvalue weighted by Gasteiger charge is 2.51. The van der Waals surface area contributed by atoms with Crippen molar-refractivity contribution in [3.05, 3.63) is 125 Å². The standard InChI is InChI=1S/C31H33N3O/c1-23-13-15-25(16-14-23)22-33-19-20-34(24(33)2)29-18-17-28(21-29)31(30(32)35,26-9-5-3-6-10-26)27-11-7-4-8-12-27/h3-16,19-20,28-29H,17-18,21-22H2,1-2H3,(H-,32,35)/p+1/t28-,29+/m1/s1. The van der Waals surface area contributed by atoms with Crippen molar-refractivity contribution in [2.24, 2.45) is 11.7 Å². The van der Waals surface area contributed by atoms with Gasteiger partial charge in [0, 0.05) is 6.92 Å². The van der Waals surface area contributed by atoms with Crippen LogP contribution in [0.15, 0.2) is 97.3 Å². The van der Waals surface area contributed by atoms with E-state index >= 15 is 0 Å². The molecule has 178 valence electrons. The maximum atomic E-state index is 13.4. The van der Waals surface area contributed by atoms with E-state index in [4.69, 9.17) is 5.73 Å². The van der Waals surface area contributed by atoms with Crippen LogP contribution >= 0.6 is 0 Å². The van der Waals surface area contributed by atoms with Crippen LogP contribution in [0.5, 0.6) is 0 Å². The predicted octanol–water partition coefficient (Wildman–Crippen LogP) is 5.25. The van der Waals surface area contributed by atoms with Gasteiger partial charge in [-0.05, 0) is 48.8 Å². The number of aryl methyl sites for hydroxylation is 1. The molecule has 1 amide bonds. The van der Waals surface area contributed by atoms with E-state index in [1.807, 2.05) is 36.4 Å². The lowest BCUT2D eigenvalue weighted by Gasteiger charge is -2.37. The average Bonchev–Trinajstić information content (AvgIpc) is 3.49. The minimum atomic E-state index is -0.837. The van der Waals surface area contributed by atoms with Gasteiger partial charge in [0.1, 0.15) is 30.4 Å². The van der Waals surface area contributed by atoms with Gasteiger partial charge in [0.05, 0.1) is 0 Å². The molecule has 1 aliphatic carbocycles. The molecule has 0 unspecified atom stereocenters. The van der Waals surface area contributed by atoms with E-state index in [9.17, 15) is 4.79 Å². The van der Waals surface area contributed by atoms with Gasteiger partial charge in [0.25, 0.3) is 5.82 Å². The zero-order chi connectivity index (χ0) is 24.4. The van der Waals surface area contributed by atoms with Gasteiger partial charge in [-0.15, -0.1) is 0 Å².